The molecule has 5 heteroatoms. The number of aryl methyl sites for hydroxylation is 1. The van der Waals surface area contributed by atoms with Gasteiger partial charge in [-0.3, -0.25) is 13.9 Å². The van der Waals surface area contributed by atoms with Crippen molar-refractivity contribution in [1.29, 1.82) is 0 Å². The Kier molecular flexibility index (Phi) is 2.83. The first kappa shape index (κ1) is 11.9. The maximum absolute atomic E-state index is 12.2. The van der Waals surface area contributed by atoms with Crippen molar-refractivity contribution in [3.63, 3.8) is 0 Å². The van der Waals surface area contributed by atoms with E-state index in [0.29, 0.717) is 15.9 Å². The molecule has 0 aliphatic heterocycles. The smallest absolute Gasteiger partial charge is 0.296 e. The van der Waals surface area contributed by atoms with E-state index >= 15 is 0 Å². The number of nitrogens with zero attached hydrogens (tertiary/aromatic N) is 2. The predicted octanol–water partition coefficient (Wildman–Crippen LogP) is 1.93. The number of rotatable bonds is 1. The lowest BCUT2D eigenvalue weighted by Crippen LogP contribution is -2.40. The van der Waals surface area contributed by atoms with Crippen LogP contribution in [0.15, 0.2) is 27.8 Å². The lowest BCUT2D eigenvalue weighted by molar-refractivity contribution is 0.532. The summed E-state index contributed by atoms with van der Waals surface area (Å²) in [5, 5.41) is 1.01. The van der Waals surface area contributed by atoms with Crippen molar-refractivity contribution >= 4 is 22.5 Å². The van der Waals surface area contributed by atoms with Crippen LogP contribution in [0.5, 0.6) is 0 Å². The van der Waals surface area contributed by atoms with Gasteiger partial charge in [0.15, 0.2) is 0 Å². The Morgan fingerprint density at radius 3 is 2.47 bits per heavy atom. The molecule has 0 aliphatic carbocycles. The standard InChI is InChI=1S/C12H13ClN2O2/c1-7(2)15-11(16)9-5-4-8(13)6-10(9)14(3)12(15)17/h4-7H,1-3H3. The van der Waals surface area contributed by atoms with Gasteiger partial charge in [-0.1, -0.05) is 11.6 Å². The topological polar surface area (TPSA) is 44.0 Å². The van der Waals surface area contributed by atoms with Gasteiger partial charge < -0.3 is 0 Å². The Morgan fingerprint density at radius 2 is 1.88 bits per heavy atom. The van der Waals surface area contributed by atoms with Crippen LogP contribution in [0, 0.1) is 0 Å². The van der Waals surface area contributed by atoms with Gasteiger partial charge in [-0.25, -0.2) is 4.79 Å². The zero-order valence-electron chi connectivity index (χ0n) is 9.90. The number of hydrogen-bond donors (Lipinski definition) is 0. The molecule has 0 aliphatic rings. The van der Waals surface area contributed by atoms with E-state index < -0.39 is 0 Å². The Labute approximate surface area is 103 Å². The van der Waals surface area contributed by atoms with Crippen LogP contribution in [0.3, 0.4) is 0 Å². The molecule has 17 heavy (non-hydrogen) atoms. The van der Waals surface area contributed by atoms with Gasteiger partial charge in [0.05, 0.1) is 10.9 Å². The van der Waals surface area contributed by atoms with E-state index in [1.54, 1.807) is 25.2 Å². The molecule has 0 fully saturated rings. The third-order valence-electron chi connectivity index (χ3n) is 2.78. The number of fused-ring (bicyclic) bond motifs is 1. The first-order chi connectivity index (χ1) is 7.93. The van der Waals surface area contributed by atoms with Gasteiger partial charge >= 0.3 is 5.69 Å². The Morgan fingerprint density at radius 1 is 1.24 bits per heavy atom. The first-order valence-electron chi connectivity index (χ1n) is 5.34. The Bertz CT molecular complexity index is 698. The van der Waals surface area contributed by atoms with Crippen LogP contribution >= 0.6 is 11.6 Å². The van der Waals surface area contributed by atoms with Gasteiger partial charge in [0.25, 0.3) is 5.56 Å². The summed E-state index contributed by atoms with van der Waals surface area (Å²) in [6.45, 7) is 3.62. The van der Waals surface area contributed by atoms with Gasteiger partial charge in [0, 0.05) is 18.1 Å². The number of halogens is 1. The lowest BCUT2D eigenvalue weighted by Gasteiger charge is -2.13. The summed E-state index contributed by atoms with van der Waals surface area (Å²) < 4.78 is 2.69. The first-order valence-corrected chi connectivity index (χ1v) is 5.72. The van der Waals surface area contributed by atoms with Crippen molar-refractivity contribution in [2.24, 2.45) is 7.05 Å². The van der Waals surface area contributed by atoms with Crippen molar-refractivity contribution in [3.05, 3.63) is 44.1 Å². The molecule has 0 saturated carbocycles. The van der Waals surface area contributed by atoms with Crippen LogP contribution in [-0.4, -0.2) is 9.13 Å². The molecule has 0 unspecified atom stereocenters. The fraction of sp³-hybridized carbons (Fsp3) is 0.333. The molecule has 1 aromatic heterocycles. The van der Waals surface area contributed by atoms with Crippen molar-refractivity contribution in [2.75, 3.05) is 0 Å². The molecule has 0 radical (unpaired) electrons. The molecule has 2 rings (SSSR count). The van der Waals surface area contributed by atoms with Crippen LogP contribution in [0.2, 0.25) is 5.02 Å². The quantitative estimate of drug-likeness (QED) is 0.779. The summed E-state index contributed by atoms with van der Waals surface area (Å²) in [6, 6.07) is 4.77. The van der Waals surface area contributed by atoms with Gasteiger partial charge in [0.1, 0.15) is 0 Å². The van der Waals surface area contributed by atoms with Crippen LogP contribution in [0.4, 0.5) is 0 Å². The maximum atomic E-state index is 12.2. The van der Waals surface area contributed by atoms with Crippen LogP contribution in [-0.2, 0) is 7.05 Å². The van der Waals surface area contributed by atoms with E-state index in [-0.39, 0.29) is 17.3 Å². The fourth-order valence-corrected chi connectivity index (χ4v) is 2.07. The molecule has 0 N–H and O–H groups in total. The largest absolute Gasteiger partial charge is 0.331 e. The average Bonchev–Trinajstić information content (AvgIpc) is 2.25. The van der Waals surface area contributed by atoms with Crippen molar-refractivity contribution < 1.29 is 0 Å². The average molecular weight is 253 g/mol. The van der Waals surface area contributed by atoms with E-state index in [1.165, 1.54) is 9.13 Å². The van der Waals surface area contributed by atoms with Crippen molar-refractivity contribution in [3.8, 4) is 0 Å². The monoisotopic (exact) mass is 252 g/mol. The third-order valence-corrected chi connectivity index (χ3v) is 3.01. The molecule has 1 aromatic carbocycles. The molecule has 0 saturated heterocycles. The summed E-state index contributed by atoms with van der Waals surface area (Å²) in [5.41, 5.74) is -0.0288. The second kappa shape index (κ2) is 4.04. The summed E-state index contributed by atoms with van der Waals surface area (Å²) in [7, 11) is 1.64. The van der Waals surface area contributed by atoms with Crippen LogP contribution in [0.1, 0.15) is 19.9 Å². The van der Waals surface area contributed by atoms with E-state index in [0.717, 1.165) is 0 Å². The minimum Gasteiger partial charge on any atom is -0.296 e. The second-order valence-corrected chi connectivity index (χ2v) is 4.71. The normalized spacial score (nSPS) is 11.4. The zero-order valence-corrected chi connectivity index (χ0v) is 10.7. The predicted molar refractivity (Wildman–Crippen MR) is 68.8 cm³/mol. The Balaban J connectivity index is 3.06. The maximum Gasteiger partial charge on any atom is 0.331 e. The highest BCUT2D eigenvalue weighted by molar-refractivity contribution is 6.31. The van der Waals surface area contributed by atoms with Crippen LogP contribution in [0.25, 0.3) is 10.9 Å². The summed E-state index contributed by atoms with van der Waals surface area (Å²) in [6.07, 6.45) is 0. The summed E-state index contributed by atoms with van der Waals surface area (Å²) in [4.78, 5) is 24.2. The second-order valence-electron chi connectivity index (χ2n) is 4.27. The fourth-order valence-electron chi connectivity index (χ4n) is 1.90. The molecule has 1 heterocycles. The SMILES string of the molecule is CC(C)n1c(=O)c2ccc(Cl)cc2n(C)c1=O. The zero-order chi connectivity index (χ0) is 12.7. The highest BCUT2D eigenvalue weighted by atomic mass is 35.5. The molecule has 0 spiro atoms. The van der Waals surface area contributed by atoms with Crippen molar-refractivity contribution in [1.82, 2.24) is 9.13 Å². The van der Waals surface area contributed by atoms with E-state index in [2.05, 4.69) is 0 Å². The minimum atomic E-state index is -0.320. The Hall–Kier alpha value is -1.55. The number of benzene rings is 1. The molecule has 0 amide bonds. The van der Waals surface area contributed by atoms with Gasteiger partial charge in [0.2, 0.25) is 0 Å². The summed E-state index contributed by atoms with van der Waals surface area (Å²) in [5.74, 6) is 0. The molecular weight excluding hydrogens is 240 g/mol. The molecular formula is C12H13ClN2O2. The molecule has 4 nitrogen and oxygen atoms in total. The van der Waals surface area contributed by atoms with Crippen molar-refractivity contribution in [2.45, 2.75) is 19.9 Å². The number of aromatic nitrogens is 2. The number of hydrogen-bond acceptors (Lipinski definition) is 2. The molecule has 0 atom stereocenters. The minimum absolute atomic E-state index is 0.165. The summed E-state index contributed by atoms with van der Waals surface area (Å²) >= 11 is 5.87. The van der Waals surface area contributed by atoms with Crippen LogP contribution < -0.4 is 11.2 Å². The van der Waals surface area contributed by atoms with Gasteiger partial charge in [-0.15, -0.1) is 0 Å². The highest BCUT2D eigenvalue weighted by Gasteiger charge is 2.12. The van der Waals surface area contributed by atoms with Gasteiger partial charge in [-0.05, 0) is 32.0 Å². The van der Waals surface area contributed by atoms with E-state index in [1.807, 2.05) is 13.8 Å². The highest BCUT2D eigenvalue weighted by Crippen LogP contribution is 2.15. The molecule has 0 bridgehead atoms. The molecule has 2 aromatic rings. The van der Waals surface area contributed by atoms with E-state index in [9.17, 15) is 9.59 Å². The molecule has 90 valence electrons. The lowest BCUT2D eigenvalue weighted by atomic mass is 10.2. The third kappa shape index (κ3) is 1.78. The van der Waals surface area contributed by atoms with E-state index in [4.69, 9.17) is 11.6 Å². The van der Waals surface area contributed by atoms with Gasteiger partial charge in [-0.2, -0.15) is 0 Å².